The van der Waals surface area contributed by atoms with E-state index in [1.54, 1.807) is 12.1 Å². The van der Waals surface area contributed by atoms with E-state index in [1.807, 2.05) is 32.9 Å². The summed E-state index contributed by atoms with van der Waals surface area (Å²) >= 11 is 5.85. The summed E-state index contributed by atoms with van der Waals surface area (Å²) in [6, 6.07) is 8.24. The Morgan fingerprint density at radius 2 is 1.89 bits per heavy atom. The third kappa shape index (κ3) is 2.79. The van der Waals surface area contributed by atoms with Gasteiger partial charge in [-0.25, -0.2) is 4.39 Å². The van der Waals surface area contributed by atoms with Crippen LogP contribution in [0.5, 0.6) is 0 Å². The van der Waals surface area contributed by atoms with Gasteiger partial charge in [-0.05, 0) is 74.1 Å². The monoisotopic (exact) mass is 386 g/mol. The van der Waals surface area contributed by atoms with Gasteiger partial charge in [0.05, 0.1) is 5.57 Å². The van der Waals surface area contributed by atoms with Gasteiger partial charge < -0.3 is 9.84 Å². The number of fused-ring (bicyclic) bond motifs is 2. The van der Waals surface area contributed by atoms with Crippen LogP contribution >= 0.6 is 11.6 Å². The zero-order valence-electron chi connectivity index (χ0n) is 15.4. The Morgan fingerprint density at radius 3 is 2.52 bits per heavy atom. The van der Waals surface area contributed by atoms with E-state index in [0.717, 1.165) is 11.1 Å². The first-order chi connectivity index (χ1) is 12.7. The lowest BCUT2D eigenvalue weighted by Crippen LogP contribution is -2.38. The van der Waals surface area contributed by atoms with Crippen molar-refractivity contribution in [3.05, 3.63) is 63.6 Å². The van der Waals surface area contributed by atoms with Crippen molar-refractivity contribution in [2.24, 2.45) is 0 Å². The fourth-order valence-electron chi connectivity index (χ4n) is 4.22. The summed E-state index contributed by atoms with van der Waals surface area (Å²) < 4.78 is 20.1. The van der Waals surface area contributed by atoms with Gasteiger partial charge in [-0.3, -0.25) is 4.79 Å². The number of hydrogen-bond donors (Lipinski definition) is 1. The highest BCUT2D eigenvalue weighted by Crippen LogP contribution is 2.46. The van der Waals surface area contributed by atoms with Crippen molar-refractivity contribution in [2.45, 2.75) is 45.3 Å². The van der Waals surface area contributed by atoms with E-state index in [1.165, 1.54) is 6.07 Å². The molecule has 2 heterocycles. The molecule has 140 valence electrons. The van der Waals surface area contributed by atoms with E-state index >= 15 is 0 Å². The van der Waals surface area contributed by atoms with Gasteiger partial charge in [0.25, 0.3) is 0 Å². The van der Waals surface area contributed by atoms with Gasteiger partial charge in [-0.1, -0.05) is 23.7 Å². The molecule has 1 saturated heterocycles. The van der Waals surface area contributed by atoms with E-state index in [-0.39, 0.29) is 11.5 Å². The molecule has 0 aromatic heterocycles. The smallest absolute Gasteiger partial charge is 0.195 e. The van der Waals surface area contributed by atoms with E-state index in [2.05, 4.69) is 0 Å². The summed E-state index contributed by atoms with van der Waals surface area (Å²) in [4.78, 5) is 12.9. The van der Waals surface area contributed by atoms with Gasteiger partial charge in [0.2, 0.25) is 0 Å². The molecule has 0 amide bonds. The summed E-state index contributed by atoms with van der Waals surface area (Å²) in [5.74, 6) is -0.583. The largest absolute Gasteiger partial charge is 0.508 e. The molecule has 2 atom stereocenters. The summed E-state index contributed by atoms with van der Waals surface area (Å²) in [6.45, 7) is 5.55. The van der Waals surface area contributed by atoms with Crippen LogP contribution in [0.2, 0.25) is 5.02 Å². The number of Topliss-reactive ketones (excluding diaryl/α,β-unsaturated/α-hetero) is 1. The Morgan fingerprint density at radius 1 is 1.22 bits per heavy atom. The topological polar surface area (TPSA) is 46.5 Å². The first-order valence-electron chi connectivity index (χ1n) is 8.94. The molecule has 2 aromatic carbocycles. The van der Waals surface area contributed by atoms with Gasteiger partial charge in [0.1, 0.15) is 23.3 Å². The van der Waals surface area contributed by atoms with Crippen LogP contribution in [0.15, 0.2) is 36.1 Å². The maximum atomic E-state index is 14.3. The molecule has 2 unspecified atom stereocenters. The highest BCUT2D eigenvalue weighted by atomic mass is 35.5. The molecule has 0 spiro atoms. The molecule has 3 nitrogen and oxygen atoms in total. The first-order valence-corrected chi connectivity index (χ1v) is 9.32. The maximum Gasteiger partial charge on any atom is 0.195 e. The van der Waals surface area contributed by atoms with Gasteiger partial charge in [0, 0.05) is 10.6 Å². The van der Waals surface area contributed by atoms with Gasteiger partial charge in [0.15, 0.2) is 5.78 Å². The van der Waals surface area contributed by atoms with Crippen LogP contribution in [0.4, 0.5) is 4.39 Å². The summed E-state index contributed by atoms with van der Waals surface area (Å²) in [5, 5.41) is 11.1. The Labute approximate surface area is 162 Å². The third-order valence-electron chi connectivity index (χ3n) is 5.59. The van der Waals surface area contributed by atoms with Crippen molar-refractivity contribution in [1.29, 1.82) is 0 Å². The Hall–Kier alpha value is -2.17. The number of aliphatic hydroxyl groups excluding tert-OH is 1. The number of rotatable bonds is 2. The number of halogens is 2. The minimum absolute atomic E-state index is 0.00197. The van der Waals surface area contributed by atoms with Gasteiger partial charge in [-0.15, -0.1) is 0 Å². The van der Waals surface area contributed by atoms with Crippen molar-refractivity contribution in [3.63, 3.8) is 0 Å². The normalized spacial score (nSPS) is 24.6. The highest BCUT2D eigenvalue weighted by Gasteiger charge is 2.50. The molecule has 4 rings (SSSR count). The second kappa shape index (κ2) is 6.18. The van der Waals surface area contributed by atoms with E-state index in [4.69, 9.17) is 16.3 Å². The lowest BCUT2D eigenvalue weighted by atomic mass is 9.85. The molecule has 0 radical (unpaired) electrons. The average Bonchev–Trinajstić information content (AvgIpc) is 2.96. The molecule has 1 N–H and O–H groups in total. The fourth-order valence-corrected chi connectivity index (χ4v) is 4.38. The number of carbonyl (C=O) groups is 1. The minimum atomic E-state index is -0.812. The fraction of sp³-hybridized carbons (Fsp3) is 0.318. The van der Waals surface area contributed by atoms with Crippen molar-refractivity contribution in [3.8, 4) is 11.1 Å². The zero-order chi connectivity index (χ0) is 19.5. The third-order valence-corrected chi connectivity index (χ3v) is 5.82. The van der Waals surface area contributed by atoms with E-state index in [9.17, 15) is 14.3 Å². The zero-order valence-corrected chi connectivity index (χ0v) is 16.2. The molecule has 27 heavy (non-hydrogen) atoms. The molecule has 1 fully saturated rings. The second-order valence-electron chi connectivity index (χ2n) is 7.57. The molecule has 5 heteroatoms. The van der Waals surface area contributed by atoms with Crippen LogP contribution in [0, 0.1) is 19.7 Å². The van der Waals surface area contributed by atoms with Crippen LogP contribution in [0.25, 0.3) is 16.7 Å². The Kier molecular flexibility index (Phi) is 4.17. The summed E-state index contributed by atoms with van der Waals surface area (Å²) in [5.41, 5.74) is 2.99. The molecule has 0 aliphatic carbocycles. The number of aliphatic hydroxyl groups is 1. The summed E-state index contributed by atoms with van der Waals surface area (Å²) in [7, 11) is 0. The van der Waals surface area contributed by atoms with Crippen molar-refractivity contribution >= 4 is 23.0 Å². The lowest BCUT2D eigenvalue weighted by Gasteiger charge is -2.31. The quantitative estimate of drug-likeness (QED) is 0.735. The standard InChI is InChI=1S/C22H20ClFO3/c1-11-8-13(15-5-4-14(23)10-16(15)24)9-12(2)18(11)19-20(25)17-6-7-22(3,27-17)21(19)26/h4-5,8-10,17,26H,6-7H2,1-3H3. The molecule has 2 aliphatic rings. The van der Waals surface area contributed by atoms with Crippen LogP contribution in [-0.4, -0.2) is 22.6 Å². The maximum absolute atomic E-state index is 14.3. The first kappa shape index (κ1) is 18.2. The predicted octanol–water partition coefficient (Wildman–Crippen LogP) is 5.55. The van der Waals surface area contributed by atoms with Gasteiger partial charge >= 0.3 is 0 Å². The average molecular weight is 387 g/mol. The Bertz CT molecular complexity index is 988. The van der Waals surface area contributed by atoms with Crippen molar-refractivity contribution in [1.82, 2.24) is 0 Å². The van der Waals surface area contributed by atoms with Gasteiger partial charge in [-0.2, -0.15) is 0 Å². The SMILES string of the molecule is Cc1cc(-c2ccc(Cl)cc2F)cc(C)c1C1=C(O)C2(C)CCC(O2)C1=O. The second-order valence-corrected chi connectivity index (χ2v) is 8.01. The van der Waals surface area contributed by atoms with Crippen LogP contribution < -0.4 is 0 Å². The molecule has 2 aromatic rings. The number of benzene rings is 2. The molecular formula is C22H20ClFO3. The number of hydrogen-bond acceptors (Lipinski definition) is 3. The summed E-state index contributed by atoms with van der Waals surface area (Å²) in [6.07, 6.45) is 0.716. The molecule has 0 saturated carbocycles. The molecule has 2 aliphatic heterocycles. The van der Waals surface area contributed by atoms with Crippen LogP contribution in [0.3, 0.4) is 0 Å². The van der Waals surface area contributed by atoms with E-state index < -0.39 is 17.5 Å². The Balaban J connectivity index is 1.87. The number of aryl methyl sites for hydroxylation is 2. The van der Waals surface area contributed by atoms with Crippen LogP contribution in [-0.2, 0) is 9.53 Å². The molecule has 2 bridgehead atoms. The highest BCUT2D eigenvalue weighted by molar-refractivity contribution is 6.30. The number of ether oxygens (including phenoxy) is 1. The number of ketones is 1. The van der Waals surface area contributed by atoms with Crippen LogP contribution in [0.1, 0.15) is 36.5 Å². The van der Waals surface area contributed by atoms with Crippen molar-refractivity contribution < 1.29 is 19.0 Å². The van der Waals surface area contributed by atoms with Crippen molar-refractivity contribution in [2.75, 3.05) is 0 Å². The molecular weight excluding hydrogens is 367 g/mol. The van der Waals surface area contributed by atoms with E-state index in [0.29, 0.717) is 40.1 Å². The number of carbonyl (C=O) groups excluding carboxylic acids is 1. The lowest BCUT2D eigenvalue weighted by molar-refractivity contribution is -0.130. The minimum Gasteiger partial charge on any atom is -0.508 e. The predicted molar refractivity (Wildman–Crippen MR) is 103 cm³/mol.